The van der Waals surface area contributed by atoms with Crippen molar-refractivity contribution in [3.05, 3.63) is 35.9 Å². The number of nitrogens with two attached hydrogens (primary N) is 1. The fraction of sp³-hybridized carbons (Fsp3) is 0.429. The minimum absolute atomic E-state index is 0.0935. The maximum atomic E-state index is 11.7. The smallest absolute Gasteiger partial charge is 0.334 e. The summed E-state index contributed by atoms with van der Waals surface area (Å²) >= 11 is 0. The third-order valence-electron chi connectivity index (χ3n) is 2.95. The second-order valence-electron chi connectivity index (χ2n) is 4.44. The highest BCUT2D eigenvalue weighted by atomic mass is 16.5. The summed E-state index contributed by atoms with van der Waals surface area (Å²) in [6, 6.07) is 9.05. The first-order valence-electron chi connectivity index (χ1n) is 6.37. The standard InChI is InChI=1S/C14H20N2O4/c1-20-12(14(18)19)9-16-13(17)11(15)8-7-10-5-3-2-4-6-10/h2-6,11-12H,7-9,15H2,1H3,(H,16,17)(H,18,19). The van der Waals surface area contributed by atoms with Crippen molar-refractivity contribution < 1.29 is 19.4 Å². The number of aliphatic carboxylic acids is 1. The van der Waals surface area contributed by atoms with Crippen LogP contribution in [-0.4, -0.2) is 42.8 Å². The number of nitrogens with one attached hydrogen (secondary N) is 1. The summed E-state index contributed by atoms with van der Waals surface area (Å²) in [5.74, 6) is -1.49. The molecule has 0 fully saturated rings. The van der Waals surface area contributed by atoms with E-state index >= 15 is 0 Å². The van der Waals surface area contributed by atoms with Crippen LogP contribution in [0.15, 0.2) is 30.3 Å². The van der Waals surface area contributed by atoms with Crippen molar-refractivity contribution in [3.8, 4) is 0 Å². The Morgan fingerprint density at radius 3 is 2.55 bits per heavy atom. The van der Waals surface area contributed by atoms with Gasteiger partial charge in [0.15, 0.2) is 6.10 Å². The molecule has 110 valence electrons. The molecule has 0 heterocycles. The van der Waals surface area contributed by atoms with Gasteiger partial charge in [0.2, 0.25) is 5.91 Å². The number of amides is 1. The zero-order valence-corrected chi connectivity index (χ0v) is 11.4. The molecule has 1 rings (SSSR count). The number of ether oxygens (including phenoxy) is 1. The maximum Gasteiger partial charge on any atom is 0.334 e. The highest BCUT2D eigenvalue weighted by molar-refractivity contribution is 5.82. The summed E-state index contributed by atoms with van der Waals surface area (Å²) in [7, 11) is 1.28. The first-order chi connectivity index (χ1) is 9.54. The molecule has 0 aliphatic carbocycles. The summed E-state index contributed by atoms with van der Waals surface area (Å²) < 4.78 is 4.72. The molecule has 0 aromatic heterocycles. The van der Waals surface area contributed by atoms with E-state index in [9.17, 15) is 9.59 Å². The van der Waals surface area contributed by atoms with Crippen LogP contribution in [0.2, 0.25) is 0 Å². The molecular formula is C14H20N2O4. The Bertz CT molecular complexity index is 436. The van der Waals surface area contributed by atoms with E-state index in [0.29, 0.717) is 12.8 Å². The summed E-state index contributed by atoms with van der Waals surface area (Å²) in [5, 5.41) is 11.3. The van der Waals surface area contributed by atoms with E-state index in [1.54, 1.807) is 0 Å². The van der Waals surface area contributed by atoms with Gasteiger partial charge < -0.3 is 20.9 Å². The molecule has 1 aromatic rings. The average molecular weight is 280 g/mol. The van der Waals surface area contributed by atoms with Crippen LogP contribution in [0.3, 0.4) is 0 Å². The predicted molar refractivity (Wildman–Crippen MR) is 74.2 cm³/mol. The van der Waals surface area contributed by atoms with Gasteiger partial charge in [-0.05, 0) is 18.4 Å². The second kappa shape index (κ2) is 8.29. The number of carboxylic acids is 1. The van der Waals surface area contributed by atoms with Crippen LogP contribution in [0, 0.1) is 0 Å². The predicted octanol–water partition coefficient (Wildman–Crippen LogP) is 0.162. The lowest BCUT2D eigenvalue weighted by atomic mass is 10.1. The second-order valence-corrected chi connectivity index (χ2v) is 4.44. The van der Waals surface area contributed by atoms with E-state index in [0.717, 1.165) is 5.56 Å². The van der Waals surface area contributed by atoms with Crippen LogP contribution >= 0.6 is 0 Å². The monoisotopic (exact) mass is 280 g/mol. The molecule has 1 amide bonds. The topological polar surface area (TPSA) is 102 Å². The van der Waals surface area contributed by atoms with Crippen LogP contribution < -0.4 is 11.1 Å². The van der Waals surface area contributed by atoms with Gasteiger partial charge in [0.1, 0.15) is 0 Å². The lowest BCUT2D eigenvalue weighted by molar-refractivity contribution is -0.148. The molecule has 6 nitrogen and oxygen atoms in total. The normalized spacial score (nSPS) is 13.5. The number of carboxylic acid groups (broad SMARTS) is 1. The Morgan fingerprint density at radius 2 is 2.00 bits per heavy atom. The third-order valence-corrected chi connectivity index (χ3v) is 2.95. The average Bonchev–Trinajstić information content (AvgIpc) is 2.45. The molecule has 0 aliphatic rings. The Kier molecular flexibility index (Phi) is 6.69. The number of aryl methyl sites for hydroxylation is 1. The number of hydrogen-bond donors (Lipinski definition) is 3. The third kappa shape index (κ3) is 5.38. The molecule has 0 saturated heterocycles. The van der Waals surface area contributed by atoms with Crippen molar-refractivity contribution in [1.29, 1.82) is 0 Å². The first kappa shape index (κ1) is 16.1. The van der Waals surface area contributed by atoms with E-state index in [1.165, 1.54) is 7.11 Å². The zero-order chi connectivity index (χ0) is 15.0. The highest BCUT2D eigenvalue weighted by Gasteiger charge is 2.19. The lowest BCUT2D eigenvalue weighted by Gasteiger charge is -2.15. The molecular weight excluding hydrogens is 260 g/mol. The van der Waals surface area contributed by atoms with Crippen LogP contribution in [0.5, 0.6) is 0 Å². The Balaban J connectivity index is 2.34. The van der Waals surface area contributed by atoms with Gasteiger partial charge in [0.05, 0.1) is 12.6 Å². The van der Waals surface area contributed by atoms with E-state index in [2.05, 4.69) is 5.32 Å². The summed E-state index contributed by atoms with van der Waals surface area (Å²) in [4.78, 5) is 22.4. The van der Waals surface area contributed by atoms with E-state index < -0.39 is 18.1 Å². The van der Waals surface area contributed by atoms with E-state index in [1.807, 2.05) is 30.3 Å². The number of carbonyl (C=O) groups excluding carboxylic acids is 1. The molecule has 0 aliphatic heterocycles. The number of methoxy groups -OCH3 is 1. The Hall–Kier alpha value is -1.92. The summed E-state index contributed by atoms with van der Waals surface area (Å²) in [6.45, 7) is -0.0935. The minimum atomic E-state index is -1.12. The van der Waals surface area contributed by atoms with Crippen molar-refractivity contribution in [1.82, 2.24) is 5.32 Å². The molecule has 0 spiro atoms. The van der Waals surface area contributed by atoms with Gasteiger partial charge >= 0.3 is 5.97 Å². The Labute approximate surface area is 117 Å². The maximum absolute atomic E-state index is 11.7. The zero-order valence-electron chi connectivity index (χ0n) is 11.4. The van der Waals surface area contributed by atoms with Gasteiger partial charge in [0.25, 0.3) is 0 Å². The molecule has 2 unspecified atom stereocenters. The lowest BCUT2D eigenvalue weighted by Crippen LogP contribution is -2.45. The molecule has 4 N–H and O–H groups in total. The van der Waals surface area contributed by atoms with Gasteiger partial charge in [-0.15, -0.1) is 0 Å². The minimum Gasteiger partial charge on any atom is -0.479 e. The Morgan fingerprint density at radius 1 is 1.35 bits per heavy atom. The van der Waals surface area contributed by atoms with Crippen molar-refractivity contribution in [2.75, 3.05) is 13.7 Å². The molecule has 2 atom stereocenters. The molecule has 6 heteroatoms. The first-order valence-corrected chi connectivity index (χ1v) is 6.37. The fourth-order valence-corrected chi connectivity index (χ4v) is 1.69. The quantitative estimate of drug-likeness (QED) is 0.629. The fourth-order valence-electron chi connectivity index (χ4n) is 1.69. The van der Waals surface area contributed by atoms with E-state index in [-0.39, 0.29) is 12.5 Å². The van der Waals surface area contributed by atoms with Crippen LogP contribution in [0.25, 0.3) is 0 Å². The van der Waals surface area contributed by atoms with Crippen molar-refractivity contribution >= 4 is 11.9 Å². The van der Waals surface area contributed by atoms with Crippen LogP contribution in [0.4, 0.5) is 0 Å². The molecule has 0 bridgehead atoms. The number of hydrogen-bond acceptors (Lipinski definition) is 4. The molecule has 0 saturated carbocycles. The van der Waals surface area contributed by atoms with E-state index in [4.69, 9.17) is 15.6 Å². The summed E-state index contributed by atoms with van der Waals surface area (Å²) in [6.07, 6.45) is 0.142. The van der Waals surface area contributed by atoms with Gasteiger partial charge in [-0.25, -0.2) is 4.79 Å². The van der Waals surface area contributed by atoms with Crippen molar-refractivity contribution in [2.45, 2.75) is 25.0 Å². The SMILES string of the molecule is COC(CNC(=O)C(N)CCc1ccccc1)C(=O)O. The van der Waals surface area contributed by atoms with Crippen molar-refractivity contribution in [3.63, 3.8) is 0 Å². The molecule has 20 heavy (non-hydrogen) atoms. The largest absolute Gasteiger partial charge is 0.479 e. The van der Waals surface area contributed by atoms with Crippen LogP contribution in [0.1, 0.15) is 12.0 Å². The summed E-state index contributed by atoms with van der Waals surface area (Å²) in [5.41, 5.74) is 6.88. The highest BCUT2D eigenvalue weighted by Crippen LogP contribution is 2.04. The number of carbonyl (C=O) groups is 2. The van der Waals surface area contributed by atoms with Gasteiger partial charge in [0, 0.05) is 7.11 Å². The van der Waals surface area contributed by atoms with Gasteiger partial charge in [-0.2, -0.15) is 0 Å². The number of benzene rings is 1. The van der Waals surface area contributed by atoms with Gasteiger partial charge in [-0.1, -0.05) is 30.3 Å². The van der Waals surface area contributed by atoms with Crippen molar-refractivity contribution in [2.24, 2.45) is 5.73 Å². The van der Waals surface area contributed by atoms with Gasteiger partial charge in [-0.3, -0.25) is 4.79 Å². The molecule has 0 radical (unpaired) electrons. The molecule has 1 aromatic carbocycles. The number of rotatable bonds is 8. The van der Waals surface area contributed by atoms with Crippen LogP contribution in [-0.2, 0) is 20.7 Å².